The van der Waals surface area contributed by atoms with E-state index in [2.05, 4.69) is 15.6 Å². The molecule has 0 aliphatic carbocycles. The summed E-state index contributed by atoms with van der Waals surface area (Å²) in [5.74, 6) is -0.206. The first-order chi connectivity index (χ1) is 11.5. The molecule has 2 N–H and O–H groups in total. The van der Waals surface area contributed by atoms with Crippen LogP contribution in [0, 0.1) is 5.92 Å². The van der Waals surface area contributed by atoms with Crippen molar-refractivity contribution in [3.63, 3.8) is 0 Å². The van der Waals surface area contributed by atoms with Gasteiger partial charge in [0.1, 0.15) is 0 Å². The molecule has 0 bridgehead atoms. The van der Waals surface area contributed by atoms with Crippen LogP contribution in [-0.2, 0) is 16.0 Å². The number of nitrogens with one attached hydrogen (secondary N) is 2. The molecular formula is C17H17N3O2S2. The fraction of sp³-hybridized carbons (Fsp3) is 0.235. The summed E-state index contributed by atoms with van der Waals surface area (Å²) in [4.78, 5) is 29.3. The zero-order valence-corrected chi connectivity index (χ0v) is 15.0. The van der Waals surface area contributed by atoms with Gasteiger partial charge in [-0.3, -0.25) is 9.59 Å². The summed E-state index contributed by atoms with van der Waals surface area (Å²) in [6, 6.07) is 9.45. The maximum absolute atomic E-state index is 12.1. The molecule has 0 aliphatic heterocycles. The number of thiophene rings is 1. The third-order valence-electron chi connectivity index (χ3n) is 3.34. The molecule has 0 radical (unpaired) electrons. The second kappa shape index (κ2) is 7.11. The van der Waals surface area contributed by atoms with Crippen LogP contribution in [0.15, 0.2) is 35.7 Å². The van der Waals surface area contributed by atoms with Crippen LogP contribution in [0.4, 0.5) is 10.8 Å². The molecule has 0 saturated carbocycles. The topological polar surface area (TPSA) is 71.1 Å². The maximum Gasteiger partial charge on any atom is 0.229 e. The van der Waals surface area contributed by atoms with E-state index in [1.807, 2.05) is 49.6 Å². The highest BCUT2D eigenvalue weighted by molar-refractivity contribution is 7.22. The minimum atomic E-state index is -0.0934. The molecule has 5 nitrogen and oxygen atoms in total. The van der Waals surface area contributed by atoms with Crippen molar-refractivity contribution in [3.05, 3.63) is 40.6 Å². The van der Waals surface area contributed by atoms with Crippen molar-refractivity contribution in [3.8, 4) is 0 Å². The molecule has 24 heavy (non-hydrogen) atoms. The van der Waals surface area contributed by atoms with E-state index in [1.54, 1.807) is 11.3 Å². The van der Waals surface area contributed by atoms with Gasteiger partial charge in [0.05, 0.1) is 16.6 Å². The first kappa shape index (κ1) is 16.6. The molecule has 0 aliphatic rings. The monoisotopic (exact) mass is 359 g/mol. The first-order valence-electron chi connectivity index (χ1n) is 7.55. The summed E-state index contributed by atoms with van der Waals surface area (Å²) < 4.78 is 0.963. The van der Waals surface area contributed by atoms with Crippen molar-refractivity contribution >= 4 is 55.5 Å². The van der Waals surface area contributed by atoms with E-state index in [4.69, 9.17) is 0 Å². The van der Waals surface area contributed by atoms with Crippen LogP contribution < -0.4 is 10.6 Å². The number of carbonyl (C=O) groups is 2. The highest BCUT2D eigenvalue weighted by Gasteiger charge is 2.12. The Hall–Kier alpha value is -2.25. The number of thiazole rings is 1. The van der Waals surface area contributed by atoms with Gasteiger partial charge >= 0.3 is 0 Å². The Morgan fingerprint density at radius 2 is 2.04 bits per heavy atom. The molecule has 124 valence electrons. The largest absolute Gasteiger partial charge is 0.326 e. The van der Waals surface area contributed by atoms with Gasteiger partial charge in [0, 0.05) is 16.5 Å². The number of carbonyl (C=O) groups excluding carboxylic acids is 2. The van der Waals surface area contributed by atoms with E-state index in [1.165, 1.54) is 11.3 Å². The second-order valence-corrected chi connectivity index (χ2v) is 7.71. The van der Waals surface area contributed by atoms with Gasteiger partial charge in [-0.15, -0.1) is 11.3 Å². The number of amides is 2. The third-order valence-corrected chi connectivity index (χ3v) is 5.17. The lowest BCUT2D eigenvalue weighted by Crippen LogP contribution is -2.17. The fourth-order valence-electron chi connectivity index (χ4n) is 2.08. The quantitative estimate of drug-likeness (QED) is 0.719. The number of anilines is 2. The SMILES string of the molecule is CC(C)C(=O)Nc1nc2cc(NC(=O)Cc3cccs3)ccc2s1. The molecule has 0 spiro atoms. The van der Waals surface area contributed by atoms with Crippen molar-refractivity contribution < 1.29 is 9.59 Å². The molecule has 2 heterocycles. The van der Waals surface area contributed by atoms with Crippen LogP contribution in [0.3, 0.4) is 0 Å². The van der Waals surface area contributed by atoms with Crippen molar-refractivity contribution in [2.75, 3.05) is 10.6 Å². The lowest BCUT2D eigenvalue weighted by atomic mass is 10.2. The summed E-state index contributed by atoms with van der Waals surface area (Å²) in [5.41, 5.74) is 1.46. The van der Waals surface area contributed by atoms with Gasteiger partial charge in [0.2, 0.25) is 11.8 Å². The van der Waals surface area contributed by atoms with E-state index in [0.29, 0.717) is 17.2 Å². The molecule has 1 aromatic carbocycles. The lowest BCUT2D eigenvalue weighted by Gasteiger charge is -2.04. The minimum absolute atomic E-state index is 0.0552. The van der Waals surface area contributed by atoms with Crippen molar-refractivity contribution in [2.45, 2.75) is 20.3 Å². The van der Waals surface area contributed by atoms with Crippen LogP contribution in [0.5, 0.6) is 0 Å². The molecule has 3 rings (SSSR count). The predicted octanol–water partition coefficient (Wildman–Crippen LogP) is 4.13. The summed E-state index contributed by atoms with van der Waals surface area (Å²) in [6.07, 6.45) is 0.364. The highest BCUT2D eigenvalue weighted by Crippen LogP contribution is 2.28. The van der Waals surface area contributed by atoms with E-state index in [0.717, 1.165) is 15.1 Å². The molecule has 2 aromatic heterocycles. The molecule has 7 heteroatoms. The fourth-order valence-corrected chi connectivity index (χ4v) is 3.64. The molecule has 0 fully saturated rings. The number of aromatic nitrogens is 1. The summed E-state index contributed by atoms with van der Waals surface area (Å²) in [6.45, 7) is 3.67. The van der Waals surface area contributed by atoms with Gasteiger partial charge in [0.25, 0.3) is 0 Å². The van der Waals surface area contributed by atoms with Gasteiger partial charge in [0.15, 0.2) is 5.13 Å². The summed E-state index contributed by atoms with van der Waals surface area (Å²) in [7, 11) is 0. The second-order valence-electron chi connectivity index (χ2n) is 5.65. The number of nitrogens with zero attached hydrogens (tertiary/aromatic N) is 1. The average Bonchev–Trinajstić information content (AvgIpc) is 3.15. The minimum Gasteiger partial charge on any atom is -0.326 e. The third kappa shape index (κ3) is 3.98. The number of hydrogen-bond donors (Lipinski definition) is 2. The Balaban J connectivity index is 1.71. The normalized spacial score (nSPS) is 11.0. The Bertz CT molecular complexity index is 869. The van der Waals surface area contributed by atoms with E-state index < -0.39 is 0 Å². The maximum atomic E-state index is 12.1. The van der Waals surface area contributed by atoms with Gasteiger partial charge in [-0.2, -0.15) is 0 Å². The predicted molar refractivity (Wildman–Crippen MR) is 99.7 cm³/mol. The smallest absolute Gasteiger partial charge is 0.229 e. The van der Waals surface area contributed by atoms with Crippen LogP contribution in [-0.4, -0.2) is 16.8 Å². The van der Waals surface area contributed by atoms with Crippen LogP contribution in [0.25, 0.3) is 10.2 Å². The van der Waals surface area contributed by atoms with Gasteiger partial charge in [-0.25, -0.2) is 4.98 Å². The molecule has 0 unspecified atom stereocenters. The standard InChI is InChI=1S/C17H17N3O2S2/c1-10(2)16(22)20-17-19-13-8-11(5-6-14(13)24-17)18-15(21)9-12-4-3-7-23-12/h3-8,10H,9H2,1-2H3,(H,18,21)(H,19,20,22). The van der Waals surface area contributed by atoms with Crippen LogP contribution in [0.1, 0.15) is 18.7 Å². The van der Waals surface area contributed by atoms with Gasteiger partial charge in [-0.1, -0.05) is 31.3 Å². The van der Waals surface area contributed by atoms with Crippen LogP contribution >= 0.6 is 22.7 Å². The Morgan fingerprint density at radius 1 is 1.21 bits per heavy atom. The van der Waals surface area contributed by atoms with Gasteiger partial charge < -0.3 is 10.6 Å². The number of hydrogen-bond acceptors (Lipinski definition) is 5. The van der Waals surface area contributed by atoms with Crippen molar-refractivity contribution in [2.24, 2.45) is 5.92 Å². The van der Waals surface area contributed by atoms with E-state index in [-0.39, 0.29) is 17.7 Å². The summed E-state index contributed by atoms with van der Waals surface area (Å²) >= 11 is 2.98. The molecule has 2 amide bonds. The number of benzene rings is 1. The molecule has 0 atom stereocenters. The highest BCUT2D eigenvalue weighted by atomic mass is 32.1. The van der Waals surface area contributed by atoms with Crippen molar-refractivity contribution in [1.82, 2.24) is 4.98 Å². The van der Waals surface area contributed by atoms with Crippen molar-refractivity contribution in [1.29, 1.82) is 0 Å². The zero-order chi connectivity index (χ0) is 17.1. The molecule has 0 saturated heterocycles. The zero-order valence-electron chi connectivity index (χ0n) is 13.3. The van der Waals surface area contributed by atoms with Gasteiger partial charge in [-0.05, 0) is 29.6 Å². The van der Waals surface area contributed by atoms with E-state index in [9.17, 15) is 9.59 Å². The lowest BCUT2D eigenvalue weighted by molar-refractivity contribution is -0.119. The Morgan fingerprint density at radius 3 is 2.75 bits per heavy atom. The summed E-state index contributed by atoms with van der Waals surface area (Å²) in [5, 5.41) is 8.22. The molecular weight excluding hydrogens is 342 g/mol. The van der Waals surface area contributed by atoms with Crippen LogP contribution in [0.2, 0.25) is 0 Å². The average molecular weight is 359 g/mol. The number of rotatable bonds is 5. The first-order valence-corrected chi connectivity index (χ1v) is 9.24. The number of fused-ring (bicyclic) bond motifs is 1. The molecule has 3 aromatic rings. The van der Waals surface area contributed by atoms with E-state index >= 15 is 0 Å². The Kier molecular flexibility index (Phi) is 4.92. The Labute approximate surface area is 147 Å².